The zero-order valence-corrected chi connectivity index (χ0v) is 38.5. The summed E-state index contributed by atoms with van der Waals surface area (Å²) in [6.07, 6.45) is 13.4. The number of halogens is 1. The number of piperidine rings is 1. The zero-order chi connectivity index (χ0) is 45.9. The number of hydrogen-bond donors (Lipinski definition) is 3. The molecule has 2 aromatic heterocycles. The Hall–Kier alpha value is -5.74. The Balaban J connectivity index is 0.865. The van der Waals surface area contributed by atoms with Crippen molar-refractivity contribution in [3.8, 4) is 17.2 Å². The number of fused-ring (bicyclic) bond motifs is 2. The Morgan fingerprint density at radius 1 is 1.03 bits per heavy atom. The molecule has 1 spiro atoms. The van der Waals surface area contributed by atoms with E-state index in [9.17, 15) is 27.7 Å². The van der Waals surface area contributed by atoms with Gasteiger partial charge in [0.25, 0.3) is 21.6 Å². The predicted octanol–water partition coefficient (Wildman–Crippen LogP) is 10.2. The number of carbonyl (C=O) groups is 1. The Bertz CT molecular complexity index is 2770. The first-order chi connectivity index (χ1) is 31.7. The van der Waals surface area contributed by atoms with E-state index in [0.29, 0.717) is 29.6 Å². The van der Waals surface area contributed by atoms with Gasteiger partial charge in [-0.15, -0.1) is 0 Å². The van der Waals surface area contributed by atoms with E-state index in [2.05, 4.69) is 74.8 Å². The highest BCUT2D eigenvalue weighted by Crippen LogP contribution is 2.54. The van der Waals surface area contributed by atoms with Gasteiger partial charge in [0.2, 0.25) is 0 Å². The molecule has 10 rings (SSSR count). The quantitative estimate of drug-likeness (QED) is 0.0850. The predicted molar refractivity (Wildman–Crippen MR) is 250 cm³/mol. The molecule has 2 aliphatic carbocycles. The number of amides is 1. The molecule has 2 saturated heterocycles. The lowest BCUT2D eigenvalue weighted by Gasteiger charge is -2.56. The first-order valence-electron chi connectivity index (χ1n) is 23.6. The van der Waals surface area contributed by atoms with Crippen molar-refractivity contribution < 1.29 is 32.0 Å². The number of nitrogens with one attached hydrogen (secondary N) is 3. The van der Waals surface area contributed by atoms with E-state index in [1.807, 2.05) is 0 Å². The first kappa shape index (κ1) is 44.1. The van der Waals surface area contributed by atoms with E-state index in [1.165, 1.54) is 67.4 Å². The highest BCUT2D eigenvalue weighted by atomic mass is 32.2. The molecule has 0 unspecified atom stereocenters. The van der Waals surface area contributed by atoms with E-state index in [4.69, 9.17) is 9.47 Å². The van der Waals surface area contributed by atoms with Crippen LogP contribution in [-0.4, -0.2) is 72.4 Å². The number of aromatic nitrogens is 2. The third-order valence-corrected chi connectivity index (χ3v) is 16.6. The fourth-order valence-electron chi connectivity index (χ4n) is 11.6. The molecule has 2 saturated carbocycles. The molecule has 66 heavy (non-hydrogen) atoms. The number of nitrogens with zero attached hydrogens (tertiary/aromatic N) is 4. The smallest absolute Gasteiger partial charge is 0.297 e. The fourth-order valence-corrected chi connectivity index (χ4v) is 12.6. The zero-order valence-electron chi connectivity index (χ0n) is 37.7. The number of aromatic amines is 1. The highest BCUT2D eigenvalue weighted by molar-refractivity contribution is 7.90. The summed E-state index contributed by atoms with van der Waals surface area (Å²) >= 11 is 0. The van der Waals surface area contributed by atoms with Crippen LogP contribution in [0.15, 0.2) is 78.0 Å². The third-order valence-electron chi connectivity index (χ3n) is 15.3. The van der Waals surface area contributed by atoms with Gasteiger partial charge in [0.15, 0.2) is 11.4 Å². The van der Waals surface area contributed by atoms with Crippen LogP contribution in [0.25, 0.3) is 11.0 Å². The molecule has 0 bridgehead atoms. The molecule has 3 N–H and O–H groups in total. The number of H-pyrrole nitrogens is 1. The standard InChI is InChI=1S/C50H58FN7O7S/c1-30(2)37-7-4-5-8-38(37)43-9-6-18-57(43)34-25-50(26-34)16-19-56(20-17-50)33-14-15-39(45(21-33)65-35-22-40-41(51)28-53-48(40)52-27-35)49(59)55-66(62,63)36-23-44(58(60)61)47-46(24-36)64-29-42(54-47)32-12-10-31(3)11-13-32/h4-5,7-8,14-15,21-24,27-28,30-32,34,42-43,54H,6,9-13,16-20,25-26,29H2,1-3H3,(H,52,53)(H,55,59)/t31-,32+,42-,43+/m1/s1. The number of sulfonamides is 1. The van der Waals surface area contributed by atoms with Crippen LogP contribution in [-0.2, 0) is 10.0 Å². The van der Waals surface area contributed by atoms with Gasteiger partial charge in [-0.1, -0.05) is 57.9 Å². The van der Waals surface area contributed by atoms with Crippen LogP contribution < -0.4 is 24.4 Å². The Kier molecular flexibility index (Phi) is 11.7. The van der Waals surface area contributed by atoms with Crippen molar-refractivity contribution in [3.05, 3.63) is 106 Å². The third kappa shape index (κ3) is 8.46. The number of benzene rings is 3. The molecule has 16 heteroatoms. The molecule has 3 aliphatic heterocycles. The molecule has 348 valence electrons. The van der Waals surface area contributed by atoms with Crippen LogP contribution in [0, 0.1) is 33.2 Å². The molecule has 5 aromatic rings. The van der Waals surface area contributed by atoms with E-state index >= 15 is 0 Å². The van der Waals surface area contributed by atoms with E-state index < -0.39 is 37.3 Å². The number of pyridine rings is 1. The lowest BCUT2D eigenvalue weighted by Crippen LogP contribution is -2.54. The second-order valence-electron chi connectivity index (χ2n) is 19.8. The lowest BCUT2D eigenvalue weighted by atomic mass is 9.59. The average Bonchev–Trinajstić information content (AvgIpc) is 3.94. The van der Waals surface area contributed by atoms with Crippen molar-refractivity contribution in [3.63, 3.8) is 0 Å². The Morgan fingerprint density at radius 2 is 1.80 bits per heavy atom. The van der Waals surface area contributed by atoms with Gasteiger partial charge in [-0.2, -0.15) is 0 Å². The average molecular weight is 920 g/mol. The van der Waals surface area contributed by atoms with Crippen molar-refractivity contribution in [2.45, 2.75) is 114 Å². The monoisotopic (exact) mass is 919 g/mol. The van der Waals surface area contributed by atoms with Crippen molar-refractivity contribution in [2.24, 2.45) is 17.3 Å². The summed E-state index contributed by atoms with van der Waals surface area (Å²) < 4.78 is 57.0. The van der Waals surface area contributed by atoms with Crippen molar-refractivity contribution in [1.29, 1.82) is 0 Å². The number of anilines is 2. The number of carbonyl (C=O) groups excluding carboxylic acids is 1. The van der Waals surface area contributed by atoms with Gasteiger partial charge in [-0.05, 0) is 110 Å². The minimum absolute atomic E-state index is 0.0269. The van der Waals surface area contributed by atoms with Gasteiger partial charge >= 0.3 is 0 Å². The molecular formula is C50H58FN7O7S. The maximum atomic E-state index is 14.7. The first-order valence-corrected chi connectivity index (χ1v) is 25.1. The summed E-state index contributed by atoms with van der Waals surface area (Å²) in [5.74, 6) is 0.0386. The van der Waals surface area contributed by atoms with Gasteiger partial charge in [-0.3, -0.25) is 19.8 Å². The molecule has 1 amide bonds. The van der Waals surface area contributed by atoms with Crippen LogP contribution in [0.3, 0.4) is 0 Å². The molecular weight excluding hydrogens is 862 g/mol. The second-order valence-corrected chi connectivity index (χ2v) is 21.5. The molecule has 3 aromatic carbocycles. The maximum Gasteiger partial charge on any atom is 0.297 e. The Labute approximate surface area is 384 Å². The number of nitro groups is 1. The summed E-state index contributed by atoms with van der Waals surface area (Å²) in [4.78, 5) is 37.4. The minimum Gasteiger partial charge on any atom is -0.489 e. The van der Waals surface area contributed by atoms with Gasteiger partial charge in [0, 0.05) is 55.3 Å². The van der Waals surface area contributed by atoms with Gasteiger partial charge in [-0.25, -0.2) is 22.5 Å². The van der Waals surface area contributed by atoms with Crippen LogP contribution in [0.4, 0.5) is 21.5 Å². The van der Waals surface area contributed by atoms with Crippen molar-refractivity contribution >= 4 is 44.0 Å². The molecule has 5 aliphatic rings. The van der Waals surface area contributed by atoms with E-state index in [1.54, 1.807) is 12.1 Å². The van der Waals surface area contributed by atoms with Crippen LogP contribution in [0.5, 0.6) is 17.2 Å². The van der Waals surface area contributed by atoms with Crippen LogP contribution in [0.1, 0.15) is 118 Å². The van der Waals surface area contributed by atoms with E-state index in [-0.39, 0.29) is 57.9 Å². The number of hydrogen-bond acceptors (Lipinski definition) is 11. The van der Waals surface area contributed by atoms with Crippen LogP contribution >= 0.6 is 0 Å². The minimum atomic E-state index is -4.68. The molecule has 2 atom stereocenters. The van der Waals surface area contributed by atoms with Crippen molar-refractivity contribution in [2.75, 3.05) is 36.5 Å². The largest absolute Gasteiger partial charge is 0.489 e. The topological polar surface area (TPSA) is 172 Å². The van der Waals surface area contributed by atoms with Gasteiger partial charge < -0.3 is 24.7 Å². The fraction of sp³-hybridized carbons (Fsp3) is 0.480. The molecule has 14 nitrogen and oxygen atoms in total. The second kappa shape index (κ2) is 17.5. The molecule has 4 fully saturated rings. The maximum absolute atomic E-state index is 14.7. The molecule has 0 radical (unpaired) electrons. The lowest BCUT2D eigenvalue weighted by molar-refractivity contribution is -0.384. The summed E-state index contributed by atoms with van der Waals surface area (Å²) in [6, 6.07) is 18.4. The number of rotatable bonds is 11. The van der Waals surface area contributed by atoms with Gasteiger partial charge in [0.1, 0.15) is 29.6 Å². The van der Waals surface area contributed by atoms with Gasteiger partial charge in [0.05, 0.1) is 33.0 Å². The summed E-state index contributed by atoms with van der Waals surface area (Å²) in [6.45, 7) is 9.72. The highest BCUT2D eigenvalue weighted by Gasteiger charge is 2.50. The number of likely N-dealkylation sites (tertiary alicyclic amines) is 1. The number of nitro benzene ring substituents is 1. The van der Waals surface area contributed by atoms with Crippen molar-refractivity contribution in [1.82, 2.24) is 19.6 Å². The van der Waals surface area contributed by atoms with E-state index in [0.717, 1.165) is 69.9 Å². The number of ether oxygens (including phenoxy) is 2. The Morgan fingerprint density at radius 3 is 2.56 bits per heavy atom. The SMILES string of the molecule is CC(C)c1ccccc1[C@@H]1CCCN1C1CC2(CCN(c3ccc(C(=O)NS(=O)(=O)c4cc5c(c([N+](=O)[O-])c4)N[C@@H]([C@H]4CC[C@@H](C)CC4)CO5)c(Oc4cnc5[nH]cc(F)c5c4)c3)CC2)C1. The summed E-state index contributed by atoms with van der Waals surface area (Å²) in [7, 11) is -4.68. The summed E-state index contributed by atoms with van der Waals surface area (Å²) in [5.41, 5.74) is 3.86. The molecule has 5 heterocycles. The van der Waals surface area contributed by atoms with Crippen LogP contribution in [0.2, 0.25) is 0 Å². The normalized spacial score (nSPS) is 23.3. The summed E-state index contributed by atoms with van der Waals surface area (Å²) in [5, 5.41) is 15.9.